The van der Waals surface area contributed by atoms with E-state index in [1.165, 1.54) is 16.7 Å². The summed E-state index contributed by atoms with van der Waals surface area (Å²) in [5.74, 6) is 0.326. The molecule has 0 radical (unpaired) electrons. The molecule has 0 heterocycles. The first-order chi connectivity index (χ1) is 6.77. The van der Waals surface area contributed by atoms with Crippen LogP contribution in [0.15, 0.2) is 42.0 Å². The Morgan fingerprint density at radius 2 is 1.64 bits per heavy atom. The lowest BCUT2D eigenvalue weighted by Gasteiger charge is -2.12. The van der Waals surface area contributed by atoms with E-state index in [4.69, 9.17) is 0 Å². The van der Waals surface area contributed by atoms with Gasteiger partial charge in [0.05, 0.1) is 0 Å². The predicted molar refractivity (Wildman–Crippen MR) is 59.1 cm³/mol. The minimum Gasteiger partial charge on any atom is -0.508 e. The molecule has 1 aliphatic carbocycles. The maximum absolute atomic E-state index is 9.19. The van der Waals surface area contributed by atoms with Crippen molar-refractivity contribution in [3.8, 4) is 5.75 Å². The molecular formula is C13H14O. The van der Waals surface area contributed by atoms with E-state index >= 15 is 0 Å². The summed E-state index contributed by atoms with van der Waals surface area (Å²) in [4.78, 5) is 0. The molecule has 0 amide bonds. The number of hydrogen-bond acceptors (Lipinski definition) is 1. The molecule has 0 fully saturated rings. The number of benzene rings is 1. The third kappa shape index (κ3) is 1.72. The first-order valence-corrected chi connectivity index (χ1v) is 4.94. The van der Waals surface area contributed by atoms with Crippen LogP contribution < -0.4 is 0 Å². The zero-order chi connectivity index (χ0) is 9.97. The van der Waals surface area contributed by atoms with E-state index < -0.39 is 0 Å². The van der Waals surface area contributed by atoms with Crippen molar-refractivity contribution in [3.05, 3.63) is 47.6 Å². The van der Waals surface area contributed by atoms with Gasteiger partial charge in [-0.05, 0) is 48.6 Å². The van der Waals surface area contributed by atoms with Crippen LogP contribution in [-0.2, 0) is 0 Å². The van der Waals surface area contributed by atoms with Gasteiger partial charge in [-0.25, -0.2) is 0 Å². The average molecular weight is 186 g/mol. The van der Waals surface area contributed by atoms with Crippen molar-refractivity contribution in [3.63, 3.8) is 0 Å². The number of rotatable bonds is 1. The molecule has 1 N–H and O–H groups in total. The third-order valence-corrected chi connectivity index (χ3v) is 2.57. The average Bonchev–Trinajstić information content (AvgIpc) is 2.20. The van der Waals surface area contributed by atoms with Gasteiger partial charge in [0, 0.05) is 0 Å². The van der Waals surface area contributed by atoms with E-state index in [1.807, 2.05) is 12.1 Å². The highest BCUT2D eigenvalue weighted by Gasteiger charge is 2.06. The van der Waals surface area contributed by atoms with Gasteiger partial charge in [-0.15, -0.1) is 0 Å². The third-order valence-electron chi connectivity index (χ3n) is 2.57. The zero-order valence-electron chi connectivity index (χ0n) is 8.33. The van der Waals surface area contributed by atoms with E-state index in [0.717, 1.165) is 12.8 Å². The van der Waals surface area contributed by atoms with Crippen molar-refractivity contribution in [2.45, 2.75) is 19.8 Å². The quantitative estimate of drug-likeness (QED) is 0.711. The Kier molecular flexibility index (Phi) is 2.40. The molecule has 14 heavy (non-hydrogen) atoms. The van der Waals surface area contributed by atoms with Gasteiger partial charge in [-0.1, -0.05) is 24.3 Å². The molecule has 0 bridgehead atoms. The van der Waals surface area contributed by atoms with Crippen LogP contribution in [-0.4, -0.2) is 5.11 Å². The van der Waals surface area contributed by atoms with Gasteiger partial charge in [0.1, 0.15) is 5.75 Å². The van der Waals surface area contributed by atoms with Crippen LogP contribution in [0.3, 0.4) is 0 Å². The number of phenolic OH excluding ortho intramolecular Hbond substituents is 1. The summed E-state index contributed by atoms with van der Waals surface area (Å²) in [5, 5.41) is 9.19. The molecule has 0 saturated carbocycles. The number of allylic oxidation sites excluding steroid dienone is 4. The van der Waals surface area contributed by atoms with Crippen LogP contribution >= 0.6 is 0 Å². The van der Waals surface area contributed by atoms with Crippen LogP contribution in [0.5, 0.6) is 5.75 Å². The lowest BCUT2D eigenvalue weighted by molar-refractivity contribution is 0.475. The second-order valence-electron chi connectivity index (χ2n) is 3.63. The fourth-order valence-electron chi connectivity index (χ4n) is 1.78. The largest absolute Gasteiger partial charge is 0.508 e. The predicted octanol–water partition coefficient (Wildman–Crippen LogP) is 3.52. The van der Waals surface area contributed by atoms with E-state index in [1.54, 1.807) is 12.1 Å². The molecule has 1 aliphatic rings. The Morgan fingerprint density at radius 1 is 1.00 bits per heavy atom. The van der Waals surface area contributed by atoms with Crippen molar-refractivity contribution >= 4 is 5.57 Å². The molecule has 0 unspecified atom stereocenters. The van der Waals surface area contributed by atoms with Crippen molar-refractivity contribution in [2.24, 2.45) is 0 Å². The highest BCUT2D eigenvalue weighted by molar-refractivity contribution is 5.79. The molecule has 1 aromatic rings. The Morgan fingerprint density at radius 3 is 2.29 bits per heavy atom. The molecule has 2 rings (SSSR count). The van der Waals surface area contributed by atoms with Crippen LogP contribution in [0.1, 0.15) is 25.3 Å². The fraction of sp³-hybridized carbons (Fsp3) is 0.231. The Labute approximate surface area is 84.4 Å². The van der Waals surface area contributed by atoms with Gasteiger partial charge in [0.2, 0.25) is 0 Å². The van der Waals surface area contributed by atoms with E-state index in [0.29, 0.717) is 5.75 Å². The van der Waals surface area contributed by atoms with Gasteiger partial charge < -0.3 is 5.11 Å². The van der Waals surface area contributed by atoms with Crippen LogP contribution in [0.2, 0.25) is 0 Å². The molecule has 0 aromatic heterocycles. The normalized spacial score (nSPS) is 16.1. The standard InChI is InChI=1S/C13H14O/c1-10-4-2-3-5-13(10)11-6-8-12(14)9-7-11/h4-9,14H,2-3H2,1H3. The zero-order valence-corrected chi connectivity index (χ0v) is 8.33. The maximum Gasteiger partial charge on any atom is 0.115 e. The number of hydrogen-bond donors (Lipinski definition) is 1. The second-order valence-corrected chi connectivity index (χ2v) is 3.63. The summed E-state index contributed by atoms with van der Waals surface area (Å²) in [6.45, 7) is 2.14. The molecule has 1 aromatic carbocycles. The highest BCUT2D eigenvalue weighted by Crippen LogP contribution is 2.28. The monoisotopic (exact) mass is 186 g/mol. The molecule has 0 atom stereocenters. The molecule has 72 valence electrons. The van der Waals surface area contributed by atoms with E-state index in [9.17, 15) is 5.11 Å². The van der Waals surface area contributed by atoms with Gasteiger partial charge in [0.15, 0.2) is 0 Å². The SMILES string of the molecule is CC1=CCCC=C1c1ccc(O)cc1. The Bertz CT molecular complexity index is 382. The second kappa shape index (κ2) is 3.70. The van der Waals surface area contributed by atoms with E-state index in [2.05, 4.69) is 19.1 Å². The molecule has 1 heteroatoms. The maximum atomic E-state index is 9.19. The topological polar surface area (TPSA) is 20.2 Å². The Hall–Kier alpha value is -1.50. The summed E-state index contributed by atoms with van der Waals surface area (Å²) >= 11 is 0. The van der Waals surface area contributed by atoms with E-state index in [-0.39, 0.29) is 0 Å². The molecular weight excluding hydrogens is 172 g/mol. The van der Waals surface area contributed by atoms with Gasteiger partial charge >= 0.3 is 0 Å². The van der Waals surface area contributed by atoms with Crippen molar-refractivity contribution in [2.75, 3.05) is 0 Å². The highest BCUT2D eigenvalue weighted by atomic mass is 16.3. The number of aromatic hydroxyl groups is 1. The lowest BCUT2D eigenvalue weighted by Crippen LogP contribution is -1.91. The first kappa shape index (κ1) is 9.07. The van der Waals surface area contributed by atoms with Gasteiger partial charge in [-0.2, -0.15) is 0 Å². The Balaban J connectivity index is 2.35. The van der Waals surface area contributed by atoms with Gasteiger partial charge in [0.25, 0.3) is 0 Å². The lowest BCUT2D eigenvalue weighted by atomic mass is 9.93. The van der Waals surface area contributed by atoms with Gasteiger partial charge in [-0.3, -0.25) is 0 Å². The summed E-state index contributed by atoms with van der Waals surface area (Å²) in [5.41, 5.74) is 3.83. The summed E-state index contributed by atoms with van der Waals surface area (Å²) in [6, 6.07) is 7.39. The summed E-state index contributed by atoms with van der Waals surface area (Å²) < 4.78 is 0. The molecule has 0 saturated heterocycles. The summed E-state index contributed by atoms with van der Waals surface area (Å²) in [6.07, 6.45) is 6.80. The van der Waals surface area contributed by atoms with Crippen LogP contribution in [0.25, 0.3) is 5.57 Å². The minimum absolute atomic E-state index is 0.326. The molecule has 0 aliphatic heterocycles. The molecule has 1 nitrogen and oxygen atoms in total. The van der Waals surface area contributed by atoms with Crippen LogP contribution in [0.4, 0.5) is 0 Å². The molecule has 0 spiro atoms. The van der Waals surface area contributed by atoms with Crippen molar-refractivity contribution < 1.29 is 5.11 Å². The fourth-order valence-corrected chi connectivity index (χ4v) is 1.78. The smallest absolute Gasteiger partial charge is 0.115 e. The van der Waals surface area contributed by atoms with Crippen LogP contribution in [0, 0.1) is 0 Å². The minimum atomic E-state index is 0.326. The number of phenols is 1. The summed E-state index contributed by atoms with van der Waals surface area (Å²) in [7, 11) is 0. The first-order valence-electron chi connectivity index (χ1n) is 4.94. The van der Waals surface area contributed by atoms with Crippen molar-refractivity contribution in [1.82, 2.24) is 0 Å². The van der Waals surface area contributed by atoms with Crippen molar-refractivity contribution in [1.29, 1.82) is 0 Å².